The van der Waals surface area contributed by atoms with Crippen LogP contribution < -0.4 is 0 Å². The normalized spacial score (nSPS) is 29.4. The Hall–Kier alpha value is -1.18. The van der Waals surface area contributed by atoms with E-state index >= 15 is 0 Å². The van der Waals surface area contributed by atoms with E-state index in [1.54, 1.807) is 0 Å². The maximum atomic E-state index is 14.9. The van der Waals surface area contributed by atoms with Crippen LogP contribution in [-0.4, -0.2) is 0 Å². The third kappa shape index (κ3) is 5.45. The van der Waals surface area contributed by atoms with E-state index in [1.165, 1.54) is 30.4 Å². The summed E-state index contributed by atoms with van der Waals surface area (Å²) >= 11 is 0. The van der Waals surface area contributed by atoms with Gasteiger partial charge in [0.1, 0.15) is 11.7 Å². The molecule has 2 heteroatoms. The van der Waals surface area contributed by atoms with Crippen molar-refractivity contribution in [2.24, 2.45) is 17.8 Å². The van der Waals surface area contributed by atoms with E-state index in [1.807, 2.05) is 0 Å². The van der Waals surface area contributed by atoms with Crippen LogP contribution in [0.3, 0.4) is 0 Å². The SMILES string of the molecule is CCCc1ccc(C2CCC(/C(F)=C(\F)C3CCC(CCC)CC3)CC2)cc1. The van der Waals surface area contributed by atoms with Crippen molar-refractivity contribution < 1.29 is 8.78 Å². The molecule has 3 rings (SSSR count). The van der Waals surface area contributed by atoms with Gasteiger partial charge >= 0.3 is 0 Å². The van der Waals surface area contributed by atoms with Gasteiger partial charge in [0.25, 0.3) is 0 Å². The Balaban J connectivity index is 1.52. The van der Waals surface area contributed by atoms with Gasteiger partial charge in [0.2, 0.25) is 0 Å². The minimum Gasteiger partial charge on any atom is -0.209 e. The molecule has 28 heavy (non-hydrogen) atoms. The van der Waals surface area contributed by atoms with Crippen molar-refractivity contribution >= 4 is 0 Å². The molecular formula is C26H38F2. The molecule has 0 saturated heterocycles. The summed E-state index contributed by atoms with van der Waals surface area (Å²) in [6.07, 6.45) is 12.1. The fourth-order valence-corrected chi connectivity index (χ4v) is 5.43. The van der Waals surface area contributed by atoms with Crippen molar-refractivity contribution in [1.82, 2.24) is 0 Å². The predicted octanol–water partition coefficient (Wildman–Crippen LogP) is 8.67. The molecule has 2 fully saturated rings. The van der Waals surface area contributed by atoms with Crippen molar-refractivity contribution in [3.05, 3.63) is 47.0 Å². The lowest BCUT2D eigenvalue weighted by Crippen LogP contribution is -2.19. The van der Waals surface area contributed by atoms with Crippen molar-refractivity contribution in [3.8, 4) is 0 Å². The van der Waals surface area contributed by atoms with Crippen LogP contribution in [0.4, 0.5) is 8.78 Å². The Labute approximate surface area is 170 Å². The number of aryl methyl sites for hydroxylation is 1. The quantitative estimate of drug-likeness (QED) is 0.438. The minimum atomic E-state index is -0.407. The van der Waals surface area contributed by atoms with Crippen LogP contribution >= 0.6 is 0 Å². The molecule has 2 aliphatic carbocycles. The number of rotatable bonds is 7. The Morgan fingerprint density at radius 2 is 1.29 bits per heavy atom. The molecule has 0 atom stereocenters. The van der Waals surface area contributed by atoms with Crippen molar-refractivity contribution in [3.63, 3.8) is 0 Å². The highest BCUT2D eigenvalue weighted by Crippen LogP contribution is 2.43. The highest BCUT2D eigenvalue weighted by Gasteiger charge is 2.31. The van der Waals surface area contributed by atoms with E-state index in [2.05, 4.69) is 38.1 Å². The lowest BCUT2D eigenvalue weighted by Gasteiger charge is -2.31. The van der Waals surface area contributed by atoms with E-state index in [0.717, 1.165) is 63.7 Å². The maximum Gasteiger partial charge on any atom is 0.135 e. The number of hydrogen-bond acceptors (Lipinski definition) is 0. The van der Waals surface area contributed by atoms with Gasteiger partial charge in [-0.2, -0.15) is 0 Å². The summed E-state index contributed by atoms with van der Waals surface area (Å²) in [4.78, 5) is 0. The highest BCUT2D eigenvalue weighted by atomic mass is 19.2. The molecule has 1 aromatic carbocycles. The summed E-state index contributed by atoms with van der Waals surface area (Å²) in [5.74, 6) is 0.0856. The highest BCUT2D eigenvalue weighted by molar-refractivity contribution is 5.26. The number of benzene rings is 1. The molecule has 0 aromatic heterocycles. The van der Waals surface area contributed by atoms with E-state index in [0.29, 0.717) is 5.92 Å². The van der Waals surface area contributed by atoms with Crippen molar-refractivity contribution in [2.75, 3.05) is 0 Å². The standard InChI is InChI=1S/C26H38F2/c1-3-5-19-7-11-21(12-8-19)22-15-17-24(18-16-22)26(28)25(27)23-13-9-20(6-4-2)10-14-23/h7-8,11-12,20,22-24H,3-6,9-10,13-18H2,1-2H3/b26-25+. The summed E-state index contributed by atoms with van der Waals surface area (Å²) in [6, 6.07) is 8.97. The van der Waals surface area contributed by atoms with Crippen LogP contribution in [0.5, 0.6) is 0 Å². The minimum absolute atomic E-state index is 0.156. The molecular weight excluding hydrogens is 350 g/mol. The molecule has 1 aromatic rings. The van der Waals surface area contributed by atoms with Crippen molar-refractivity contribution in [1.29, 1.82) is 0 Å². The molecule has 156 valence electrons. The fourth-order valence-electron chi connectivity index (χ4n) is 5.43. The lowest BCUT2D eigenvalue weighted by atomic mass is 9.76. The van der Waals surface area contributed by atoms with Crippen LogP contribution in [0, 0.1) is 17.8 Å². The largest absolute Gasteiger partial charge is 0.209 e. The van der Waals surface area contributed by atoms with Crippen LogP contribution in [0.2, 0.25) is 0 Å². The molecule has 2 aliphatic rings. The topological polar surface area (TPSA) is 0 Å². The first kappa shape index (κ1) is 21.5. The Bertz CT molecular complexity index is 614. The molecule has 0 N–H and O–H groups in total. The number of hydrogen-bond donors (Lipinski definition) is 0. The first-order valence-electron chi connectivity index (χ1n) is 11.8. The Morgan fingerprint density at radius 1 is 0.750 bits per heavy atom. The average molecular weight is 389 g/mol. The Kier molecular flexibility index (Phi) is 8.11. The van der Waals surface area contributed by atoms with Crippen molar-refractivity contribution in [2.45, 2.75) is 96.8 Å². The van der Waals surface area contributed by atoms with Crippen LogP contribution in [0.1, 0.15) is 102 Å². The van der Waals surface area contributed by atoms with Gasteiger partial charge in [-0.05, 0) is 80.8 Å². The second-order valence-electron chi connectivity index (χ2n) is 9.24. The zero-order chi connectivity index (χ0) is 19.9. The zero-order valence-electron chi connectivity index (χ0n) is 17.9. The first-order valence-corrected chi connectivity index (χ1v) is 11.8. The van der Waals surface area contributed by atoms with Gasteiger partial charge in [-0.25, -0.2) is 8.78 Å². The average Bonchev–Trinajstić information content (AvgIpc) is 2.74. The molecule has 0 spiro atoms. The summed E-state index contributed by atoms with van der Waals surface area (Å²) in [5, 5.41) is 0. The van der Waals surface area contributed by atoms with E-state index < -0.39 is 11.7 Å². The summed E-state index contributed by atoms with van der Waals surface area (Å²) in [7, 11) is 0. The lowest BCUT2D eigenvalue weighted by molar-refractivity contribution is 0.241. The molecule has 2 saturated carbocycles. The smallest absolute Gasteiger partial charge is 0.135 e. The third-order valence-electron chi connectivity index (χ3n) is 7.21. The van der Waals surface area contributed by atoms with Gasteiger partial charge in [-0.1, -0.05) is 57.4 Å². The molecule has 0 aliphatic heterocycles. The van der Waals surface area contributed by atoms with Gasteiger partial charge in [-0.15, -0.1) is 0 Å². The molecule has 0 amide bonds. The van der Waals surface area contributed by atoms with Gasteiger partial charge in [0, 0.05) is 11.8 Å². The molecule has 0 heterocycles. The van der Waals surface area contributed by atoms with E-state index in [9.17, 15) is 8.78 Å². The Morgan fingerprint density at radius 3 is 1.79 bits per heavy atom. The maximum absolute atomic E-state index is 14.9. The first-order chi connectivity index (χ1) is 13.6. The van der Waals surface area contributed by atoms with E-state index in [4.69, 9.17) is 0 Å². The predicted molar refractivity (Wildman–Crippen MR) is 115 cm³/mol. The summed E-state index contributed by atoms with van der Waals surface area (Å²) in [6.45, 7) is 4.41. The molecule has 0 unspecified atom stereocenters. The zero-order valence-corrected chi connectivity index (χ0v) is 17.9. The summed E-state index contributed by atoms with van der Waals surface area (Å²) in [5.41, 5.74) is 2.77. The number of allylic oxidation sites excluding steroid dienone is 2. The fraction of sp³-hybridized carbons (Fsp3) is 0.692. The van der Waals surface area contributed by atoms with Gasteiger partial charge in [0.15, 0.2) is 0 Å². The van der Waals surface area contributed by atoms with Crippen LogP contribution in [-0.2, 0) is 6.42 Å². The second kappa shape index (κ2) is 10.6. The van der Waals surface area contributed by atoms with Gasteiger partial charge < -0.3 is 0 Å². The molecule has 0 bridgehead atoms. The summed E-state index contributed by atoms with van der Waals surface area (Å²) < 4.78 is 29.7. The third-order valence-corrected chi connectivity index (χ3v) is 7.21. The number of halogens is 2. The van der Waals surface area contributed by atoms with Crippen LogP contribution in [0.25, 0.3) is 0 Å². The molecule has 0 nitrogen and oxygen atoms in total. The van der Waals surface area contributed by atoms with Gasteiger partial charge in [0.05, 0.1) is 0 Å². The van der Waals surface area contributed by atoms with E-state index in [-0.39, 0.29) is 11.8 Å². The van der Waals surface area contributed by atoms with Gasteiger partial charge in [-0.3, -0.25) is 0 Å². The van der Waals surface area contributed by atoms with Crippen LogP contribution in [0.15, 0.2) is 35.9 Å². The monoisotopic (exact) mass is 388 g/mol. The second-order valence-corrected chi connectivity index (χ2v) is 9.24. The molecule has 0 radical (unpaired) electrons.